The van der Waals surface area contributed by atoms with Crippen LogP contribution in [0, 0.1) is 13.8 Å². The lowest BCUT2D eigenvalue weighted by molar-refractivity contribution is 0.872. The monoisotopic (exact) mass is 283 g/mol. The van der Waals surface area contributed by atoms with Crippen LogP contribution in [0.1, 0.15) is 43.5 Å². The average molecular weight is 283 g/mol. The molecule has 0 atom stereocenters. The number of hydrogen-bond donors (Lipinski definition) is 1. The zero-order valence-corrected chi connectivity index (χ0v) is 13.5. The molecule has 0 spiro atoms. The van der Waals surface area contributed by atoms with Gasteiger partial charge in [-0.05, 0) is 38.3 Å². The van der Waals surface area contributed by atoms with Crippen molar-refractivity contribution < 1.29 is 0 Å². The second-order valence-corrected chi connectivity index (χ2v) is 5.56. The molecule has 1 heterocycles. The van der Waals surface area contributed by atoms with Crippen molar-refractivity contribution in [2.45, 2.75) is 47.0 Å². The molecule has 3 heteroatoms. The van der Waals surface area contributed by atoms with E-state index in [1.807, 2.05) is 0 Å². The van der Waals surface area contributed by atoms with Gasteiger partial charge >= 0.3 is 0 Å². The molecule has 2 rings (SSSR count). The van der Waals surface area contributed by atoms with Crippen LogP contribution in [0.4, 0.5) is 5.82 Å². The first-order valence-electron chi connectivity index (χ1n) is 7.83. The quantitative estimate of drug-likeness (QED) is 0.846. The smallest absolute Gasteiger partial charge is 0.162 e. The van der Waals surface area contributed by atoms with Crippen molar-refractivity contribution in [1.82, 2.24) is 9.97 Å². The van der Waals surface area contributed by atoms with Gasteiger partial charge in [0.05, 0.1) is 0 Å². The van der Waals surface area contributed by atoms with Crippen LogP contribution in [0.5, 0.6) is 0 Å². The van der Waals surface area contributed by atoms with Crippen molar-refractivity contribution in [3.8, 4) is 11.4 Å². The standard InChI is InChI=1S/C18H25N3/c1-5-7-15-12-17(19-10-6-2)21-18(20-15)16-11-13(3)8-9-14(16)4/h8-9,11-12H,5-7,10H2,1-4H3,(H,19,20,21). The van der Waals surface area contributed by atoms with Gasteiger partial charge in [-0.2, -0.15) is 0 Å². The fourth-order valence-electron chi connectivity index (χ4n) is 2.32. The van der Waals surface area contributed by atoms with E-state index in [1.54, 1.807) is 0 Å². The first-order valence-corrected chi connectivity index (χ1v) is 7.83. The van der Waals surface area contributed by atoms with E-state index >= 15 is 0 Å². The predicted molar refractivity (Wildman–Crippen MR) is 89.7 cm³/mol. The van der Waals surface area contributed by atoms with Gasteiger partial charge in [-0.15, -0.1) is 0 Å². The molecule has 3 nitrogen and oxygen atoms in total. The Bertz CT molecular complexity index is 605. The second kappa shape index (κ2) is 7.21. The van der Waals surface area contributed by atoms with E-state index in [9.17, 15) is 0 Å². The van der Waals surface area contributed by atoms with Gasteiger partial charge in [0.2, 0.25) is 0 Å². The second-order valence-electron chi connectivity index (χ2n) is 5.56. The maximum atomic E-state index is 4.75. The maximum absolute atomic E-state index is 4.75. The molecule has 1 N–H and O–H groups in total. The van der Waals surface area contributed by atoms with Crippen LogP contribution in [0.15, 0.2) is 24.3 Å². The average Bonchev–Trinajstić information content (AvgIpc) is 2.48. The topological polar surface area (TPSA) is 37.8 Å². The molecule has 0 aliphatic rings. The van der Waals surface area contributed by atoms with E-state index in [4.69, 9.17) is 9.97 Å². The van der Waals surface area contributed by atoms with Gasteiger partial charge in [0.15, 0.2) is 5.82 Å². The molecular weight excluding hydrogens is 258 g/mol. The van der Waals surface area contributed by atoms with Gasteiger partial charge in [0.25, 0.3) is 0 Å². The van der Waals surface area contributed by atoms with Crippen LogP contribution in [-0.2, 0) is 6.42 Å². The minimum absolute atomic E-state index is 0.834. The Labute approximate surface area is 127 Å². The summed E-state index contributed by atoms with van der Waals surface area (Å²) in [6.45, 7) is 9.50. The van der Waals surface area contributed by atoms with Crippen LogP contribution >= 0.6 is 0 Å². The third-order valence-corrected chi connectivity index (χ3v) is 3.48. The number of nitrogens with one attached hydrogen (secondary N) is 1. The van der Waals surface area contributed by atoms with Crippen LogP contribution in [0.3, 0.4) is 0 Å². The highest BCUT2D eigenvalue weighted by Crippen LogP contribution is 2.23. The summed E-state index contributed by atoms with van der Waals surface area (Å²) in [7, 11) is 0. The van der Waals surface area contributed by atoms with Crippen LogP contribution in [-0.4, -0.2) is 16.5 Å². The Balaban J connectivity index is 2.45. The fraction of sp³-hybridized carbons (Fsp3) is 0.444. The van der Waals surface area contributed by atoms with E-state index < -0.39 is 0 Å². The molecule has 21 heavy (non-hydrogen) atoms. The van der Waals surface area contributed by atoms with Crippen molar-refractivity contribution in [2.75, 3.05) is 11.9 Å². The van der Waals surface area contributed by atoms with Crippen LogP contribution < -0.4 is 5.32 Å². The minimum Gasteiger partial charge on any atom is -0.370 e. The molecule has 1 aromatic carbocycles. The predicted octanol–water partition coefficient (Wildman–Crippen LogP) is 4.53. The number of aromatic nitrogens is 2. The zero-order chi connectivity index (χ0) is 15.2. The largest absolute Gasteiger partial charge is 0.370 e. The summed E-state index contributed by atoms with van der Waals surface area (Å²) in [5.74, 6) is 1.77. The highest BCUT2D eigenvalue weighted by Gasteiger charge is 2.09. The van der Waals surface area contributed by atoms with Gasteiger partial charge in [0, 0.05) is 23.9 Å². The van der Waals surface area contributed by atoms with Gasteiger partial charge in [-0.1, -0.05) is 38.0 Å². The summed E-state index contributed by atoms with van der Waals surface area (Å²) in [6, 6.07) is 8.52. The summed E-state index contributed by atoms with van der Waals surface area (Å²) in [5.41, 5.74) is 4.70. The maximum Gasteiger partial charge on any atom is 0.162 e. The van der Waals surface area contributed by atoms with Crippen LogP contribution in [0.25, 0.3) is 11.4 Å². The van der Waals surface area contributed by atoms with Gasteiger partial charge in [-0.3, -0.25) is 0 Å². The summed E-state index contributed by atoms with van der Waals surface area (Å²) in [6.07, 6.45) is 3.17. The van der Waals surface area contributed by atoms with E-state index in [0.29, 0.717) is 0 Å². The van der Waals surface area contributed by atoms with Gasteiger partial charge in [0.1, 0.15) is 5.82 Å². The van der Waals surface area contributed by atoms with E-state index in [-0.39, 0.29) is 0 Å². The molecule has 0 fully saturated rings. The minimum atomic E-state index is 0.834. The summed E-state index contributed by atoms with van der Waals surface area (Å²) < 4.78 is 0. The molecule has 0 radical (unpaired) electrons. The number of hydrogen-bond acceptors (Lipinski definition) is 3. The molecule has 1 aromatic heterocycles. The highest BCUT2D eigenvalue weighted by atomic mass is 15.0. The molecule has 0 saturated heterocycles. The number of rotatable bonds is 6. The normalized spacial score (nSPS) is 10.7. The molecule has 0 bridgehead atoms. The molecule has 0 amide bonds. The SMILES string of the molecule is CCCNc1cc(CCC)nc(-c2cc(C)ccc2C)n1. The van der Waals surface area contributed by atoms with Crippen molar-refractivity contribution in [2.24, 2.45) is 0 Å². The number of anilines is 1. The molecule has 112 valence electrons. The van der Waals surface area contributed by atoms with E-state index in [0.717, 1.165) is 48.7 Å². The Morgan fingerprint density at radius 2 is 1.81 bits per heavy atom. The van der Waals surface area contributed by atoms with E-state index in [2.05, 4.69) is 57.3 Å². The molecule has 2 aromatic rings. The van der Waals surface area contributed by atoms with Crippen molar-refractivity contribution in [3.05, 3.63) is 41.1 Å². The third kappa shape index (κ3) is 4.03. The Hall–Kier alpha value is -1.90. The van der Waals surface area contributed by atoms with Crippen LogP contribution in [0.2, 0.25) is 0 Å². The third-order valence-electron chi connectivity index (χ3n) is 3.48. The van der Waals surface area contributed by atoms with Crippen molar-refractivity contribution >= 4 is 5.82 Å². The Morgan fingerprint density at radius 1 is 1.00 bits per heavy atom. The van der Waals surface area contributed by atoms with Gasteiger partial charge < -0.3 is 5.32 Å². The lowest BCUT2D eigenvalue weighted by Gasteiger charge is -2.11. The first-order chi connectivity index (χ1) is 10.1. The zero-order valence-electron chi connectivity index (χ0n) is 13.5. The molecule has 0 aliphatic heterocycles. The number of aryl methyl sites for hydroxylation is 3. The molecule has 0 unspecified atom stereocenters. The van der Waals surface area contributed by atoms with Crippen molar-refractivity contribution in [1.29, 1.82) is 0 Å². The Morgan fingerprint density at radius 3 is 2.52 bits per heavy atom. The van der Waals surface area contributed by atoms with Crippen molar-refractivity contribution in [3.63, 3.8) is 0 Å². The summed E-state index contributed by atoms with van der Waals surface area (Å²) in [5, 5.41) is 3.39. The van der Waals surface area contributed by atoms with Gasteiger partial charge in [-0.25, -0.2) is 9.97 Å². The summed E-state index contributed by atoms with van der Waals surface area (Å²) in [4.78, 5) is 9.46. The molecule has 0 saturated carbocycles. The summed E-state index contributed by atoms with van der Waals surface area (Å²) >= 11 is 0. The highest BCUT2D eigenvalue weighted by molar-refractivity contribution is 5.62. The molecule has 0 aliphatic carbocycles. The molecular formula is C18H25N3. The number of nitrogens with zero attached hydrogens (tertiary/aromatic N) is 2. The fourth-order valence-corrected chi connectivity index (χ4v) is 2.32. The first kappa shape index (κ1) is 15.5. The lowest BCUT2D eigenvalue weighted by atomic mass is 10.0. The lowest BCUT2D eigenvalue weighted by Crippen LogP contribution is -2.06. The van der Waals surface area contributed by atoms with E-state index in [1.165, 1.54) is 11.1 Å². The Kier molecular flexibility index (Phi) is 5.32. The number of benzene rings is 1.